The van der Waals surface area contributed by atoms with Gasteiger partial charge in [0.1, 0.15) is 54.3 Å². The number of nitrogens with two attached hydrogens (primary N) is 3. The van der Waals surface area contributed by atoms with E-state index in [-0.39, 0.29) is 28.5 Å². The Bertz CT molecular complexity index is 1640. The Morgan fingerprint density at radius 2 is 1.36 bits per heavy atom. The van der Waals surface area contributed by atoms with Crippen LogP contribution in [0.5, 0.6) is 0 Å². The minimum absolute atomic E-state index is 0.0439. The third-order valence-corrected chi connectivity index (χ3v) is 9.29. The van der Waals surface area contributed by atoms with Crippen LogP contribution in [-0.2, 0) is 32.0 Å². The van der Waals surface area contributed by atoms with E-state index in [1.54, 1.807) is 0 Å². The summed E-state index contributed by atoms with van der Waals surface area (Å²) in [6.45, 7) is -1.87. The third kappa shape index (κ3) is 6.19. The van der Waals surface area contributed by atoms with Gasteiger partial charge in [-0.2, -0.15) is 4.31 Å². The number of fused-ring (bicyclic) bond motifs is 1. The summed E-state index contributed by atoms with van der Waals surface area (Å²) < 4.78 is 51.6. The molecule has 242 valence electrons. The Labute approximate surface area is 245 Å². The van der Waals surface area contributed by atoms with Crippen molar-refractivity contribution < 1.29 is 67.0 Å². The first-order valence-corrected chi connectivity index (χ1v) is 15.3. The van der Waals surface area contributed by atoms with Crippen LogP contribution in [-0.4, -0.2) is 115 Å². The number of rotatable bonds is 11. The zero-order valence-corrected chi connectivity index (χ0v) is 23.8. The molecule has 0 aliphatic carbocycles. The van der Waals surface area contributed by atoms with Gasteiger partial charge < -0.3 is 56.9 Å². The van der Waals surface area contributed by atoms with E-state index in [0.29, 0.717) is 0 Å². The van der Waals surface area contributed by atoms with Gasteiger partial charge in [-0.15, -0.1) is 0 Å². The van der Waals surface area contributed by atoms with Crippen LogP contribution in [0.3, 0.4) is 0 Å². The summed E-state index contributed by atoms with van der Waals surface area (Å²) in [6.07, 6.45) is -8.98. The van der Waals surface area contributed by atoms with Crippen molar-refractivity contribution in [2.45, 2.75) is 49.1 Å². The molecule has 3 aromatic heterocycles. The number of hydrogen-bond donors (Lipinski definition) is 9. The quantitative estimate of drug-likeness (QED) is 0.0894. The molecule has 5 rings (SSSR count). The highest BCUT2D eigenvalue weighted by Gasteiger charge is 2.48. The van der Waals surface area contributed by atoms with Gasteiger partial charge >= 0.3 is 15.6 Å². The maximum Gasteiger partial charge on any atom is 0.481 e. The number of imidazole rings is 2. The van der Waals surface area contributed by atoms with Crippen molar-refractivity contribution in [2.75, 3.05) is 24.7 Å². The number of hydrogen-bond acceptors (Lipinski definition) is 18. The van der Waals surface area contributed by atoms with Crippen molar-refractivity contribution in [2.24, 2.45) is 5.73 Å². The predicted octanol–water partition coefficient (Wildman–Crippen LogP) is -3.52. The lowest BCUT2D eigenvalue weighted by atomic mass is 10.1. The van der Waals surface area contributed by atoms with Crippen LogP contribution in [0.1, 0.15) is 22.9 Å². The van der Waals surface area contributed by atoms with Gasteiger partial charge in [-0.3, -0.25) is 23.0 Å². The molecule has 1 amide bonds. The predicted molar refractivity (Wildman–Crippen MR) is 139 cm³/mol. The summed E-state index contributed by atoms with van der Waals surface area (Å²) in [4.78, 5) is 46.9. The minimum atomic E-state index is -5.40. The smallest absolute Gasteiger partial charge is 0.387 e. The number of aromatic nitrogens is 6. The number of nitrogen functional groups attached to an aromatic ring is 2. The number of aliphatic hydroxyl groups is 4. The fraction of sp³-hybridized carbons (Fsp3) is 0.526. The molecule has 25 heteroatoms. The maximum absolute atomic E-state index is 12.4. The summed E-state index contributed by atoms with van der Waals surface area (Å²) in [5.74, 6) is -1.22. The van der Waals surface area contributed by atoms with Gasteiger partial charge in [-0.05, 0) is 0 Å². The first kappa shape index (κ1) is 32.2. The molecule has 0 radical (unpaired) electrons. The molecule has 0 bridgehead atoms. The molecule has 0 saturated carbocycles. The Kier molecular flexibility index (Phi) is 8.78. The highest BCUT2D eigenvalue weighted by atomic mass is 31.3. The monoisotopic (exact) mass is 667 g/mol. The van der Waals surface area contributed by atoms with Crippen LogP contribution in [0.15, 0.2) is 19.0 Å². The zero-order chi connectivity index (χ0) is 32.1. The van der Waals surface area contributed by atoms with Crippen molar-refractivity contribution in [1.29, 1.82) is 0 Å². The summed E-state index contributed by atoms with van der Waals surface area (Å²) in [5, 5.41) is 41.5. The normalized spacial score (nSPS) is 31.7. The molecule has 12 N–H and O–H groups in total. The average Bonchev–Trinajstić information content (AvgIpc) is 3.68. The van der Waals surface area contributed by atoms with Gasteiger partial charge in [0.2, 0.25) is 0 Å². The first-order chi connectivity index (χ1) is 20.6. The molecule has 2 saturated heterocycles. The number of nitrogens with zero attached hydrogens (tertiary/aromatic N) is 6. The van der Waals surface area contributed by atoms with E-state index in [1.165, 1.54) is 10.9 Å². The number of aliphatic hydroxyl groups excluding tert-OH is 4. The van der Waals surface area contributed by atoms with Crippen LogP contribution in [0, 0.1) is 0 Å². The molecular formula is C19H27N9O14P2. The van der Waals surface area contributed by atoms with E-state index in [1.807, 2.05) is 0 Å². The molecule has 44 heavy (non-hydrogen) atoms. The van der Waals surface area contributed by atoms with Crippen LogP contribution < -0.4 is 17.2 Å². The standard InChI is InChI=1S/C19H27N9O14P2/c20-14-8-17(24-3-23-14)28(5-25-8)19-13(32)11(30)7(41-19)2-39-44(36,37)42-43(34,35)38-1-6-10(29)12(31)18(40-6)27-4-26-9(15(27)21)16(22)33/h3-7,10-13,18-19,29-32H,1-2,21H2,(H2,22,33)(H,34,35)(H,36,37)(H2,20,23,24)/t6-,7-,10-,11-,12-,13-,18-,19-/m1/s1. The van der Waals surface area contributed by atoms with E-state index in [2.05, 4.69) is 33.3 Å². The molecule has 5 heterocycles. The molecule has 2 unspecified atom stereocenters. The molecule has 10 atom stereocenters. The lowest BCUT2D eigenvalue weighted by Gasteiger charge is -2.20. The largest absolute Gasteiger partial charge is 0.481 e. The van der Waals surface area contributed by atoms with Crippen molar-refractivity contribution in [3.8, 4) is 0 Å². The molecule has 23 nitrogen and oxygen atoms in total. The van der Waals surface area contributed by atoms with Crippen LogP contribution in [0.4, 0.5) is 11.6 Å². The highest BCUT2D eigenvalue weighted by Crippen LogP contribution is 2.60. The molecule has 0 spiro atoms. The number of amides is 1. The molecular weight excluding hydrogens is 640 g/mol. The van der Waals surface area contributed by atoms with E-state index in [0.717, 1.165) is 17.2 Å². The fourth-order valence-corrected chi connectivity index (χ4v) is 6.62. The topological polar surface area (TPSA) is 358 Å². The Morgan fingerprint density at radius 1 is 0.841 bits per heavy atom. The molecule has 2 aliphatic rings. The minimum Gasteiger partial charge on any atom is -0.387 e. The van der Waals surface area contributed by atoms with Crippen molar-refractivity contribution in [1.82, 2.24) is 29.1 Å². The van der Waals surface area contributed by atoms with Gasteiger partial charge in [0.25, 0.3) is 5.91 Å². The van der Waals surface area contributed by atoms with Gasteiger partial charge in [-0.25, -0.2) is 29.1 Å². The van der Waals surface area contributed by atoms with E-state index in [4.69, 9.17) is 26.7 Å². The van der Waals surface area contributed by atoms with E-state index >= 15 is 0 Å². The summed E-state index contributed by atoms with van der Waals surface area (Å²) in [5.41, 5.74) is 16.7. The molecule has 0 aromatic carbocycles. The van der Waals surface area contributed by atoms with Crippen molar-refractivity contribution in [3.05, 3.63) is 24.7 Å². The Balaban J connectivity index is 1.16. The Hall–Kier alpha value is -3.15. The lowest BCUT2D eigenvalue weighted by Crippen LogP contribution is -2.34. The number of phosphoric acid groups is 2. The first-order valence-electron chi connectivity index (χ1n) is 12.3. The summed E-state index contributed by atoms with van der Waals surface area (Å²) in [6, 6.07) is 0. The summed E-state index contributed by atoms with van der Waals surface area (Å²) >= 11 is 0. The zero-order valence-electron chi connectivity index (χ0n) is 22.0. The Morgan fingerprint density at radius 3 is 1.89 bits per heavy atom. The van der Waals surface area contributed by atoms with Gasteiger partial charge in [0, 0.05) is 0 Å². The molecule has 2 fully saturated rings. The number of carbonyl (C=O) groups is 1. The number of anilines is 2. The number of phosphoric ester groups is 2. The number of carbonyl (C=O) groups excluding carboxylic acids is 1. The highest BCUT2D eigenvalue weighted by molar-refractivity contribution is 7.61. The van der Waals surface area contributed by atoms with E-state index < -0.39 is 83.8 Å². The lowest BCUT2D eigenvalue weighted by molar-refractivity contribution is -0.0534. The summed E-state index contributed by atoms with van der Waals surface area (Å²) in [7, 11) is -10.8. The van der Waals surface area contributed by atoms with Crippen molar-refractivity contribution in [3.63, 3.8) is 0 Å². The van der Waals surface area contributed by atoms with Gasteiger partial charge in [0.05, 0.1) is 25.9 Å². The van der Waals surface area contributed by atoms with Gasteiger partial charge in [-0.1, -0.05) is 0 Å². The number of primary amides is 1. The average molecular weight is 667 g/mol. The SMILES string of the molecule is NC(=O)c1ncn([C@@H]2O[C@H](COP(=O)(O)OP(=O)(O)OC[C@H]3O[C@@H](n4cnc5c(N)ncnc54)[C@H](O)[C@@H]3O)[C@@H](O)[C@H]2O)c1N. The van der Waals surface area contributed by atoms with Crippen molar-refractivity contribution >= 4 is 44.4 Å². The third-order valence-electron chi connectivity index (χ3n) is 6.69. The molecule has 2 aliphatic heterocycles. The molecule has 3 aromatic rings. The second-order valence-electron chi connectivity index (χ2n) is 9.54. The second kappa shape index (κ2) is 12.0. The second-order valence-corrected chi connectivity index (χ2v) is 12.6. The maximum atomic E-state index is 12.4. The van der Waals surface area contributed by atoms with Crippen LogP contribution in [0.2, 0.25) is 0 Å². The van der Waals surface area contributed by atoms with E-state index in [9.17, 15) is 44.1 Å². The van der Waals surface area contributed by atoms with Crippen LogP contribution >= 0.6 is 15.6 Å². The van der Waals surface area contributed by atoms with Crippen LogP contribution in [0.25, 0.3) is 11.2 Å². The number of ether oxygens (including phenoxy) is 2. The fourth-order valence-electron chi connectivity index (χ4n) is 4.53. The van der Waals surface area contributed by atoms with Gasteiger partial charge in [0.15, 0.2) is 29.6 Å².